The summed E-state index contributed by atoms with van der Waals surface area (Å²) in [4.78, 5) is 41.4. The summed E-state index contributed by atoms with van der Waals surface area (Å²) in [6.07, 6.45) is 0.637. The van der Waals surface area contributed by atoms with Gasteiger partial charge in [0.1, 0.15) is 5.75 Å². The number of methoxy groups -OCH3 is 1. The Morgan fingerprint density at radius 3 is 2.65 bits per heavy atom. The Morgan fingerprint density at radius 2 is 1.94 bits per heavy atom. The first-order valence-corrected chi connectivity index (χ1v) is 11.6. The highest BCUT2D eigenvalue weighted by Crippen LogP contribution is 2.35. The second kappa shape index (κ2) is 10.5. The fourth-order valence-electron chi connectivity index (χ4n) is 3.46. The second-order valence-electron chi connectivity index (χ2n) is 7.56. The van der Waals surface area contributed by atoms with Gasteiger partial charge in [0.25, 0.3) is 5.56 Å². The predicted molar refractivity (Wildman–Crippen MR) is 126 cm³/mol. The minimum absolute atomic E-state index is 0.0230. The number of nitrogens with two attached hydrogens (primary N) is 1. The monoisotopic (exact) mass is 484 g/mol. The van der Waals surface area contributed by atoms with Crippen LogP contribution in [0.4, 0.5) is 0 Å². The number of hydrogen-bond donors (Lipinski definition) is 2. The zero-order valence-electron chi connectivity index (χ0n) is 18.5. The molecule has 2 amide bonds. The number of amides is 2. The number of fused-ring (bicyclic) bond motifs is 2. The van der Waals surface area contributed by atoms with Gasteiger partial charge in [0.2, 0.25) is 18.6 Å². The molecule has 1 aromatic heterocycles. The van der Waals surface area contributed by atoms with Crippen LogP contribution in [0.25, 0.3) is 10.9 Å². The molecule has 0 aliphatic carbocycles. The molecule has 178 valence electrons. The van der Waals surface area contributed by atoms with E-state index in [9.17, 15) is 14.4 Å². The van der Waals surface area contributed by atoms with E-state index in [0.29, 0.717) is 40.5 Å². The van der Waals surface area contributed by atoms with Crippen LogP contribution in [0, 0.1) is 0 Å². The number of primary amides is 1. The maximum absolute atomic E-state index is 13.2. The van der Waals surface area contributed by atoms with Crippen molar-refractivity contribution in [3.05, 3.63) is 52.3 Å². The number of carbonyl (C=O) groups excluding carboxylic acids is 2. The highest BCUT2D eigenvalue weighted by Gasteiger charge is 2.19. The Hall–Kier alpha value is -3.73. The first kappa shape index (κ1) is 23.4. The van der Waals surface area contributed by atoms with Crippen molar-refractivity contribution in [2.24, 2.45) is 5.73 Å². The quantitative estimate of drug-likeness (QED) is 0.329. The molecule has 34 heavy (non-hydrogen) atoms. The van der Waals surface area contributed by atoms with Crippen LogP contribution in [0.5, 0.6) is 17.2 Å². The summed E-state index contributed by atoms with van der Waals surface area (Å²) < 4.78 is 17.3. The smallest absolute Gasteiger partial charge is 0.262 e. The molecule has 2 heterocycles. The van der Waals surface area contributed by atoms with Crippen LogP contribution in [0.1, 0.15) is 18.4 Å². The van der Waals surface area contributed by atoms with Gasteiger partial charge < -0.3 is 25.3 Å². The molecule has 2 aromatic carbocycles. The molecule has 0 atom stereocenters. The molecule has 10 nitrogen and oxygen atoms in total. The number of ether oxygens (including phenoxy) is 3. The fraction of sp³-hybridized carbons (Fsp3) is 0.304. The van der Waals surface area contributed by atoms with Crippen molar-refractivity contribution in [1.29, 1.82) is 0 Å². The number of nitrogens with one attached hydrogen (secondary N) is 1. The third-order valence-electron chi connectivity index (χ3n) is 5.19. The van der Waals surface area contributed by atoms with E-state index in [4.69, 9.17) is 19.9 Å². The second-order valence-corrected chi connectivity index (χ2v) is 8.50. The standard InChI is InChI=1S/C23H24N4O6S/c1-31-15-6-4-14(5-7-15)11-25-21(29)3-2-8-27-22(30)16-9-18-19(33-13-32-18)10-17(16)26-23(27)34-12-20(24)28/h4-7,9-10H,2-3,8,11-13H2,1H3,(H2,24,28)(H,25,29). The largest absolute Gasteiger partial charge is 0.497 e. The van der Waals surface area contributed by atoms with Gasteiger partial charge in [-0.1, -0.05) is 23.9 Å². The van der Waals surface area contributed by atoms with E-state index in [0.717, 1.165) is 23.1 Å². The van der Waals surface area contributed by atoms with E-state index in [-0.39, 0.29) is 37.0 Å². The van der Waals surface area contributed by atoms with Crippen LogP contribution in [0.15, 0.2) is 46.3 Å². The van der Waals surface area contributed by atoms with Crippen LogP contribution in [0.2, 0.25) is 0 Å². The van der Waals surface area contributed by atoms with E-state index in [1.165, 1.54) is 4.57 Å². The number of aromatic nitrogens is 2. The lowest BCUT2D eigenvalue weighted by atomic mass is 10.2. The average molecular weight is 485 g/mol. The molecular formula is C23H24N4O6S. The van der Waals surface area contributed by atoms with Gasteiger partial charge in [0.05, 0.1) is 23.8 Å². The fourth-order valence-corrected chi connectivity index (χ4v) is 4.23. The van der Waals surface area contributed by atoms with Gasteiger partial charge in [0.15, 0.2) is 16.7 Å². The molecule has 1 aliphatic rings. The molecule has 3 aromatic rings. The minimum Gasteiger partial charge on any atom is -0.497 e. The summed E-state index contributed by atoms with van der Waals surface area (Å²) in [6.45, 7) is 0.731. The maximum atomic E-state index is 13.2. The molecule has 1 aliphatic heterocycles. The Balaban J connectivity index is 1.45. The molecule has 11 heteroatoms. The maximum Gasteiger partial charge on any atom is 0.262 e. The summed E-state index contributed by atoms with van der Waals surface area (Å²) in [5, 5.41) is 3.60. The molecule has 0 saturated heterocycles. The number of rotatable bonds is 10. The van der Waals surface area contributed by atoms with Gasteiger partial charge in [-0.2, -0.15) is 0 Å². The lowest BCUT2D eigenvalue weighted by Crippen LogP contribution is -2.26. The Morgan fingerprint density at radius 1 is 1.21 bits per heavy atom. The van der Waals surface area contributed by atoms with Crippen molar-refractivity contribution >= 4 is 34.5 Å². The van der Waals surface area contributed by atoms with Gasteiger partial charge in [-0.05, 0) is 30.2 Å². The number of carbonyl (C=O) groups is 2. The van der Waals surface area contributed by atoms with E-state index >= 15 is 0 Å². The third-order valence-corrected chi connectivity index (χ3v) is 6.19. The van der Waals surface area contributed by atoms with Crippen LogP contribution in [0.3, 0.4) is 0 Å². The molecule has 0 unspecified atom stereocenters. The highest BCUT2D eigenvalue weighted by atomic mass is 32.2. The number of benzene rings is 2. The van der Waals surface area contributed by atoms with Gasteiger partial charge >= 0.3 is 0 Å². The summed E-state index contributed by atoms with van der Waals surface area (Å²) in [5.41, 5.74) is 6.39. The molecule has 0 radical (unpaired) electrons. The highest BCUT2D eigenvalue weighted by molar-refractivity contribution is 7.99. The van der Waals surface area contributed by atoms with Gasteiger partial charge in [-0.3, -0.25) is 19.0 Å². The SMILES string of the molecule is COc1ccc(CNC(=O)CCCn2c(SCC(N)=O)nc3cc4c(cc3c2=O)OCO4)cc1. The summed E-state index contributed by atoms with van der Waals surface area (Å²) >= 11 is 1.08. The van der Waals surface area contributed by atoms with Crippen LogP contribution in [-0.4, -0.2) is 41.0 Å². The first-order chi connectivity index (χ1) is 16.4. The summed E-state index contributed by atoms with van der Waals surface area (Å²) in [6, 6.07) is 10.7. The Labute approximate surface area is 199 Å². The van der Waals surface area contributed by atoms with Crippen molar-refractivity contribution in [2.45, 2.75) is 31.1 Å². The lowest BCUT2D eigenvalue weighted by molar-refractivity contribution is -0.121. The number of hydrogen-bond acceptors (Lipinski definition) is 8. The zero-order valence-corrected chi connectivity index (χ0v) is 19.4. The Kier molecular flexibility index (Phi) is 7.21. The molecule has 0 saturated carbocycles. The van der Waals surface area contributed by atoms with Crippen molar-refractivity contribution < 1.29 is 23.8 Å². The number of nitrogens with zero attached hydrogens (tertiary/aromatic N) is 2. The van der Waals surface area contributed by atoms with Crippen LogP contribution >= 0.6 is 11.8 Å². The van der Waals surface area contributed by atoms with E-state index < -0.39 is 5.91 Å². The lowest BCUT2D eigenvalue weighted by Gasteiger charge is -2.13. The topological polar surface area (TPSA) is 135 Å². The first-order valence-electron chi connectivity index (χ1n) is 10.6. The average Bonchev–Trinajstić information content (AvgIpc) is 3.29. The number of thioether (sulfide) groups is 1. The Bertz CT molecular complexity index is 1280. The molecule has 4 rings (SSSR count). The summed E-state index contributed by atoms with van der Waals surface area (Å²) in [7, 11) is 1.60. The molecular weight excluding hydrogens is 460 g/mol. The van der Waals surface area contributed by atoms with Crippen molar-refractivity contribution in [2.75, 3.05) is 19.7 Å². The predicted octanol–water partition coefficient (Wildman–Crippen LogP) is 1.81. The van der Waals surface area contributed by atoms with Crippen molar-refractivity contribution in [1.82, 2.24) is 14.9 Å². The van der Waals surface area contributed by atoms with Crippen LogP contribution < -0.4 is 30.8 Å². The van der Waals surface area contributed by atoms with Gasteiger partial charge in [0, 0.05) is 25.6 Å². The van der Waals surface area contributed by atoms with E-state index in [1.807, 2.05) is 24.3 Å². The van der Waals surface area contributed by atoms with E-state index in [2.05, 4.69) is 10.3 Å². The van der Waals surface area contributed by atoms with Crippen molar-refractivity contribution in [3.8, 4) is 17.2 Å². The molecule has 3 N–H and O–H groups in total. The van der Waals surface area contributed by atoms with Gasteiger partial charge in [-0.15, -0.1) is 0 Å². The molecule has 0 fully saturated rings. The molecule has 0 bridgehead atoms. The summed E-state index contributed by atoms with van der Waals surface area (Å²) in [5.74, 6) is 1.07. The molecule has 0 spiro atoms. The zero-order chi connectivity index (χ0) is 24.1. The van der Waals surface area contributed by atoms with Gasteiger partial charge in [-0.25, -0.2) is 4.98 Å². The normalized spacial score (nSPS) is 12.0. The van der Waals surface area contributed by atoms with E-state index in [1.54, 1.807) is 19.2 Å². The minimum atomic E-state index is -0.519. The van der Waals surface area contributed by atoms with Crippen molar-refractivity contribution in [3.63, 3.8) is 0 Å². The van der Waals surface area contributed by atoms with Crippen LogP contribution in [-0.2, 0) is 22.7 Å². The third kappa shape index (κ3) is 5.42.